The van der Waals surface area contributed by atoms with Crippen LogP contribution in [0.25, 0.3) is 0 Å². The van der Waals surface area contributed by atoms with E-state index in [2.05, 4.69) is 13.2 Å². The fourth-order valence-corrected chi connectivity index (χ4v) is 1.97. The Labute approximate surface area is 86.3 Å². The van der Waals surface area contributed by atoms with E-state index in [1.54, 1.807) is 0 Å². The topological polar surface area (TPSA) is 46.2 Å². The second-order valence-electron chi connectivity index (χ2n) is 3.49. The van der Waals surface area contributed by atoms with Crippen molar-refractivity contribution in [2.45, 2.75) is 38.7 Å². The van der Waals surface area contributed by atoms with Gasteiger partial charge < -0.3 is 10.8 Å². The van der Waals surface area contributed by atoms with Crippen LogP contribution in [-0.4, -0.2) is 29.8 Å². The second kappa shape index (κ2) is 8.85. The fraction of sp³-hybridized carbons (Fsp3) is 1.00. The number of rotatable bonds is 8. The van der Waals surface area contributed by atoms with Crippen molar-refractivity contribution in [3.63, 3.8) is 0 Å². The van der Waals surface area contributed by atoms with Gasteiger partial charge in [-0.15, -0.1) is 0 Å². The lowest BCUT2D eigenvalue weighted by molar-refractivity contribution is 0.0970. The lowest BCUT2D eigenvalue weighted by Crippen LogP contribution is -2.27. The van der Waals surface area contributed by atoms with Crippen molar-refractivity contribution in [1.82, 2.24) is 0 Å². The van der Waals surface area contributed by atoms with Gasteiger partial charge >= 0.3 is 0 Å². The number of hydrogen-bond donors (Lipinski definition) is 2. The number of nitrogens with two attached hydrogens (primary N) is 1. The van der Waals surface area contributed by atoms with E-state index in [1.165, 1.54) is 0 Å². The normalized spacial score (nSPS) is 15.7. The van der Waals surface area contributed by atoms with Crippen LogP contribution in [0.15, 0.2) is 0 Å². The van der Waals surface area contributed by atoms with Crippen LogP contribution in [0.3, 0.4) is 0 Å². The summed E-state index contributed by atoms with van der Waals surface area (Å²) in [6.45, 7) is 2.76. The summed E-state index contributed by atoms with van der Waals surface area (Å²) < 4.78 is 0. The van der Waals surface area contributed by atoms with Crippen LogP contribution < -0.4 is 5.73 Å². The van der Waals surface area contributed by atoms with Crippen molar-refractivity contribution >= 4 is 11.8 Å². The van der Waals surface area contributed by atoms with Crippen LogP contribution in [0.5, 0.6) is 0 Å². The molecule has 3 N–H and O–H groups in total. The van der Waals surface area contributed by atoms with Gasteiger partial charge in [-0.1, -0.05) is 13.3 Å². The predicted octanol–water partition coefficient (Wildman–Crippen LogP) is 1.87. The van der Waals surface area contributed by atoms with E-state index in [9.17, 15) is 5.11 Å². The van der Waals surface area contributed by atoms with Crippen molar-refractivity contribution in [1.29, 1.82) is 0 Å². The maximum Gasteiger partial charge on any atom is 0.0580 e. The molecule has 0 rings (SSSR count). The monoisotopic (exact) mass is 205 g/mol. The first-order valence-corrected chi connectivity index (χ1v) is 6.52. The minimum absolute atomic E-state index is 0.183. The van der Waals surface area contributed by atoms with Gasteiger partial charge in [0.25, 0.3) is 0 Å². The second-order valence-corrected chi connectivity index (χ2v) is 4.47. The molecule has 0 aliphatic carbocycles. The Bertz CT molecular complexity index is 111. The van der Waals surface area contributed by atoms with Gasteiger partial charge in [-0.05, 0) is 43.7 Å². The van der Waals surface area contributed by atoms with Crippen molar-refractivity contribution in [3.05, 3.63) is 0 Å². The Morgan fingerprint density at radius 2 is 2.08 bits per heavy atom. The summed E-state index contributed by atoms with van der Waals surface area (Å²) in [5.41, 5.74) is 5.60. The molecule has 0 saturated heterocycles. The van der Waals surface area contributed by atoms with E-state index in [0.717, 1.165) is 31.4 Å². The molecule has 0 saturated carbocycles. The third-order valence-corrected chi connectivity index (χ3v) is 3.05. The molecule has 3 heteroatoms. The molecule has 0 aromatic heterocycles. The molecule has 0 radical (unpaired) electrons. The Hall–Kier alpha value is 0.270. The highest BCUT2D eigenvalue weighted by Crippen LogP contribution is 2.15. The van der Waals surface area contributed by atoms with Crippen LogP contribution in [0.4, 0.5) is 0 Å². The summed E-state index contributed by atoms with van der Waals surface area (Å²) in [5, 5.41) is 9.78. The molecular weight excluding hydrogens is 182 g/mol. The first-order valence-electron chi connectivity index (χ1n) is 5.13. The predicted molar refractivity (Wildman–Crippen MR) is 61.1 cm³/mol. The third kappa shape index (κ3) is 6.36. The zero-order valence-electron chi connectivity index (χ0n) is 8.83. The molecule has 0 aliphatic rings. The van der Waals surface area contributed by atoms with Gasteiger partial charge in [-0.3, -0.25) is 0 Å². The van der Waals surface area contributed by atoms with Gasteiger partial charge in [-0.2, -0.15) is 11.8 Å². The molecule has 2 unspecified atom stereocenters. The van der Waals surface area contributed by atoms with E-state index in [4.69, 9.17) is 5.73 Å². The maximum absolute atomic E-state index is 9.78. The number of aliphatic hydroxyl groups excluding tert-OH is 1. The number of aliphatic hydroxyl groups is 1. The molecule has 0 bridgehead atoms. The molecular formula is C10H23NOS. The van der Waals surface area contributed by atoms with Gasteiger partial charge in [0.1, 0.15) is 0 Å². The van der Waals surface area contributed by atoms with Crippen molar-refractivity contribution in [2.75, 3.05) is 18.6 Å². The highest BCUT2D eigenvalue weighted by molar-refractivity contribution is 7.98. The zero-order valence-corrected chi connectivity index (χ0v) is 9.65. The summed E-state index contributed by atoms with van der Waals surface area (Å²) in [7, 11) is 0. The standard InChI is InChI=1S/C10H23NOS/c1-3-5-9(8-11)10(12)6-4-7-13-2/h9-10,12H,3-8,11H2,1-2H3. The molecule has 0 aromatic carbocycles. The van der Waals surface area contributed by atoms with Gasteiger partial charge in [0.05, 0.1) is 6.10 Å². The van der Waals surface area contributed by atoms with E-state index in [1.807, 2.05) is 11.8 Å². The summed E-state index contributed by atoms with van der Waals surface area (Å²) in [4.78, 5) is 0. The molecule has 2 nitrogen and oxygen atoms in total. The van der Waals surface area contributed by atoms with Crippen LogP contribution in [-0.2, 0) is 0 Å². The first-order chi connectivity index (χ1) is 6.26. The molecule has 0 aromatic rings. The van der Waals surface area contributed by atoms with Gasteiger partial charge in [0, 0.05) is 0 Å². The Kier molecular flexibility index (Phi) is 9.03. The zero-order chi connectivity index (χ0) is 10.1. The maximum atomic E-state index is 9.78. The third-order valence-electron chi connectivity index (χ3n) is 2.35. The summed E-state index contributed by atoms with van der Waals surface area (Å²) in [5.74, 6) is 1.45. The SMILES string of the molecule is CCCC(CN)C(O)CCCSC. The van der Waals surface area contributed by atoms with E-state index >= 15 is 0 Å². The lowest BCUT2D eigenvalue weighted by Gasteiger charge is -2.20. The quantitative estimate of drug-likeness (QED) is 0.595. The molecule has 13 heavy (non-hydrogen) atoms. The largest absolute Gasteiger partial charge is 0.393 e. The van der Waals surface area contributed by atoms with Crippen LogP contribution in [0.1, 0.15) is 32.6 Å². The molecule has 80 valence electrons. The van der Waals surface area contributed by atoms with E-state index in [0.29, 0.717) is 12.5 Å². The van der Waals surface area contributed by atoms with Gasteiger partial charge in [0.2, 0.25) is 0 Å². The van der Waals surface area contributed by atoms with Crippen molar-refractivity contribution < 1.29 is 5.11 Å². The van der Waals surface area contributed by atoms with Gasteiger partial charge in [0.15, 0.2) is 0 Å². The van der Waals surface area contributed by atoms with Gasteiger partial charge in [-0.25, -0.2) is 0 Å². The van der Waals surface area contributed by atoms with Crippen LogP contribution in [0, 0.1) is 5.92 Å². The number of hydrogen-bond acceptors (Lipinski definition) is 3. The first kappa shape index (κ1) is 13.3. The molecule has 0 amide bonds. The molecule has 0 spiro atoms. The van der Waals surface area contributed by atoms with Crippen molar-refractivity contribution in [3.8, 4) is 0 Å². The van der Waals surface area contributed by atoms with E-state index in [-0.39, 0.29) is 6.10 Å². The summed E-state index contributed by atoms with van der Waals surface area (Å²) >= 11 is 1.83. The average molecular weight is 205 g/mol. The highest BCUT2D eigenvalue weighted by Gasteiger charge is 2.15. The summed E-state index contributed by atoms with van der Waals surface area (Å²) in [6, 6.07) is 0. The lowest BCUT2D eigenvalue weighted by atomic mass is 9.94. The Morgan fingerprint density at radius 1 is 1.38 bits per heavy atom. The fourth-order valence-electron chi connectivity index (χ4n) is 1.51. The molecule has 0 fully saturated rings. The van der Waals surface area contributed by atoms with Crippen LogP contribution >= 0.6 is 11.8 Å². The average Bonchev–Trinajstić information content (AvgIpc) is 2.14. The highest BCUT2D eigenvalue weighted by atomic mass is 32.2. The Balaban J connectivity index is 3.57. The smallest absolute Gasteiger partial charge is 0.0580 e. The summed E-state index contributed by atoms with van der Waals surface area (Å²) in [6.07, 6.45) is 6.08. The Morgan fingerprint density at radius 3 is 2.54 bits per heavy atom. The minimum Gasteiger partial charge on any atom is -0.393 e. The molecule has 2 atom stereocenters. The molecule has 0 heterocycles. The minimum atomic E-state index is -0.183. The number of thioether (sulfide) groups is 1. The van der Waals surface area contributed by atoms with E-state index < -0.39 is 0 Å². The van der Waals surface area contributed by atoms with Crippen molar-refractivity contribution in [2.24, 2.45) is 11.7 Å². The molecule has 0 aliphatic heterocycles. The van der Waals surface area contributed by atoms with Crippen LogP contribution in [0.2, 0.25) is 0 Å².